The molecule has 0 radical (unpaired) electrons. The van der Waals surface area contributed by atoms with E-state index in [-0.39, 0.29) is 40.2 Å². The molecule has 0 saturated carbocycles. The molecule has 2 N–H and O–H groups in total. The molecule has 0 saturated heterocycles. The lowest BCUT2D eigenvalue weighted by Crippen LogP contribution is -2.51. The lowest BCUT2D eigenvalue weighted by atomic mass is 10.0. The largest absolute Gasteiger partial charge is 0.463 e. The van der Waals surface area contributed by atoms with E-state index < -0.39 is 36.4 Å². The van der Waals surface area contributed by atoms with Crippen LogP contribution in [0.3, 0.4) is 0 Å². The molecule has 0 spiro atoms. The maximum Gasteiger partial charge on any atom is 0.341 e. The van der Waals surface area contributed by atoms with Crippen molar-refractivity contribution < 1.29 is 32.6 Å². The molecule has 1 aliphatic rings. The first-order chi connectivity index (χ1) is 13.4. The molecule has 0 aromatic carbocycles. The Morgan fingerprint density at radius 1 is 1.29 bits per heavy atom. The van der Waals surface area contributed by atoms with Crippen LogP contribution in [0.5, 0.6) is 0 Å². The molecule has 1 atom stereocenters. The van der Waals surface area contributed by atoms with Crippen LogP contribution in [0, 0.1) is 0 Å². The number of nitrogens with zero attached hydrogens (tertiary/aromatic N) is 1. The first-order valence-corrected chi connectivity index (χ1v) is 9.29. The molecular weight excluding hydrogens is 396 g/mol. The highest BCUT2D eigenvalue weighted by molar-refractivity contribution is 7.99. The molecule has 0 aliphatic carbocycles. The Labute approximate surface area is 164 Å². The third-order valence-corrected chi connectivity index (χ3v) is 4.41. The van der Waals surface area contributed by atoms with Crippen molar-refractivity contribution in [1.29, 1.82) is 0 Å². The number of carbonyl (C=O) groups excluding carboxylic acids is 3. The van der Waals surface area contributed by atoms with Crippen molar-refractivity contribution in [3.63, 3.8) is 0 Å². The molecule has 2 rings (SSSR count). The van der Waals surface area contributed by atoms with Crippen LogP contribution in [0.25, 0.3) is 0 Å². The average Bonchev–Trinajstić information content (AvgIpc) is 2.65. The number of amides is 2. The maximum absolute atomic E-state index is 12.6. The molecular formula is C17H19F2N3O5S. The van der Waals surface area contributed by atoms with E-state index in [4.69, 9.17) is 9.47 Å². The van der Waals surface area contributed by atoms with Crippen LogP contribution in [-0.2, 0) is 14.3 Å². The molecule has 0 unspecified atom stereocenters. The third kappa shape index (κ3) is 5.41. The minimum absolute atomic E-state index is 0.0781. The van der Waals surface area contributed by atoms with Crippen molar-refractivity contribution in [1.82, 2.24) is 15.6 Å². The number of thioether (sulfide) groups is 1. The molecule has 1 aromatic heterocycles. The zero-order valence-corrected chi connectivity index (χ0v) is 16.0. The van der Waals surface area contributed by atoms with Crippen LogP contribution in [0.15, 0.2) is 34.6 Å². The van der Waals surface area contributed by atoms with Crippen LogP contribution in [0.4, 0.5) is 13.6 Å². The van der Waals surface area contributed by atoms with E-state index in [1.54, 1.807) is 13.8 Å². The van der Waals surface area contributed by atoms with Gasteiger partial charge in [-0.05, 0) is 37.2 Å². The Kier molecular flexibility index (Phi) is 7.73. The smallest absolute Gasteiger partial charge is 0.341 e. The van der Waals surface area contributed by atoms with Gasteiger partial charge in [0, 0.05) is 6.20 Å². The summed E-state index contributed by atoms with van der Waals surface area (Å²) in [5.74, 6) is -4.32. The van der Waals surface area contributed by atoms with Gasteiger partial charge in [0.15, 0.2) is 0 Å². The van der Waals surface area contributed by atoms with E-state index in [1.165, 1.54) is 18.3 Å². The van der Waals surface area contributed by atoms with E-state index in [0.717, 1.165) is 0 Å². The van der Waals surface area contributed by atoms with Crippen LogP contribution < -0.4 is 10.6 Å². The Bertz CT molecular complexity index is 788. The number of ether oxygens (including phenoxy) is 2. The minimum atomic E-state index is -2.76. The first-order valence-electron chi connectivity index (χ1n) is 8.41. The molecule has 2 amide bonds. The molecule has 0 fully saturated rings. The van der Waals surface area contributed by atoms with Crippen LogP contribution in [0.1, 0.15) is 30.6 Å². The summed E-state index contributed by atoms with van der Waals surface area (Å²) in [6.45, 7) is 3.09. The lowest BCUT2D eigenvalue weighted by molar-refractivity contribution is -0.139. The van der Waals surface area contributed by atoms with Gasteiger partial charge >= 0.3 is 18.0 Å². The van der Waals surface area contributed by atoms with Crippen molar-refractivity contribution in [2.45, 2.75) is 37.1 Å². The second-order valence-electron chi connectivity index (χ2n) is 5.48. The highest BCUT2D eigenvalue weighted by atomic mass is 32.2. The lowest BCUT2D eigenvalue weighted by Gasteiger charge is -2.28. The van der Waals surface area contributed by atoms with Crippen LogP contribution >= 0.6 is 11.8 Å². The van der Waals surface area contributed by atoms with Crippen molar-refractivity contribution >= 4 is 29.7 Å². The number of esters is 2. The van der Waals surface area contributed by atoms with E-state index in [0.29, 0.717) is 6.42 Å². The molecule has 11 heteroatoms. The van der Waals surface area contributed by atoms with E-state index >= 15 is 0 Å². The fourth-order valence-electron chi connectivity index (χ4n) is 2.52. The van der Waals surface area contributed by atoms with Gasteiger partial charge in [-0.1, -0.05) is 6.92 Å². The molecule has 1 aromatic rings. The SMILES string of the molecule is CCOC(=O)C1=C(COC(=O)c2cccnc2SC(F)F)NC(=O)N[C@H]1CC. The standard InChI is InChI=1S/C17H19F2N3O5S/c1-3-10-12(15(24)26-4-2)11(22-17(25)21-10)8-27-14(23)9-6-5-7-20-13(9)28-16(18)19/h5-7,10,16H,3-4,8H2,1-2H3,(H2,21,22,25)/t10-/m0/s1. The number of rotatable bonds is 8. The van der Waals surface area contributed by atoms with Gasteiger partial charge in [-0.2, -0.15) is 8.78 Å². The summed E-state index contributed by atoms with van der Waals surface area (Å²) in [6.07, 6.45) is 1.69. The molecule has 1 aliphatic heterocycles. The number of pyridine rings is 1. The Balaban J connectivity index is 2.23. The predicted molar refractivity (Wildman–Crippen MR) is 95.8 cm³/mol. The van der Waals surface area contributed by atoms with E-state index in [2.05, 4.69) is 15.6 Å². The van der Waals surface area contributed by atoms with Crippen molar-refractivity contribution in [2.24, 2.45) is 0 Å². The van der Waals surface area contributed by atoms with Gasteiger partial charge in [0.25, 0.3) is 5.76 Å². The summed E-state index contributed by atoms with van der Waals surface area (Å²) in [7, 11) is 0. The zero-order chi connectivity index (χ0) is 20.7. The molecule has 2 heterocycles. The molecule has 28 heavy (non-hydrogen) atoms. The van der Waals surface area contributed by atoms with Crippen molar-refractivity contribution in [3.05, 3.63) is 35.2 Å². The summed E-state index contributed by atoms with van der Waals surface area (Å²) >= 11 is 0.120. The summed E-state index contributed by atoms with van der Waals surface area (Å²) in [6, 6.07) is 1.55. The number of nitrogens with one attached hydrogen (secondary N) is 2. The number of carbonyl (C=O) groups is 3. The summed E-state index contributed by atoms with van der Waals surface area (Å²) in [5.41, 5.74) is 0.0813. The topological polar surface area (TPSA) is 107 Å². The number of alkyl halides is 2. The van der Waals surface area contributed by atoms with Gasteiger partial charge in [0.1, 0.15) is 11.6 Å². The van der Waals surface area contributed by atoms with Gasteiger partial charge in [-0.3, -0.25) is 0 Å². The number of hydrogen-bond donors (Lipinski definition) is 2. The number of halogens is 2. The Morgan fingerprint density at radius 2 is 2.04 bits per heavy atom. The predicted octanol–water partition coefficient (Wildman–Crippen LogP) is 2.46. The van der Waals surface area contributed by atoms with E-state index in [9.17, 15) is 23.2 Å². The van der Waals surface area contributed by atoms with Gasteiger partial charge in [-0.15, -0.1) is 0 Å². The fraction of sp³-hybridized carbons (Fsp3) is 0.412. The summed E-state index contributed by atoms with van der Waals surface area (Å²) in [4.78, 5) is 40.2. The van der Waals surface area contributed by atoms with Gasteiger partial charge in [0.2, 0.25) is 0 Å². The zero-order valence-electron chi connectivity index (χ0n) is 15.2. The average molecular weight is 415 g/mol. The van der Waals surface area contributed by atoms with Crippen LogP contribution in [-0.4, -0.2) is 48.0 Å². The number of aromatic nitrogens is 1. The van der Waals surface area contributed by atoms with Crippen LogP contribution in [0.2, 0.25) is 0 Å². The molecule has 152 valence electrons. The maximum atomic E-state index is 12.6. The minimum Gasteiger partial charge on any atom is -0.463 e. The van der Waals surface area contributed by atoms with E-state index in [1.807, 2.05) is 0 Å². The summed E-state index contributed by atoms with van der Waals surface area (Å²) in [5, 5.41) is 4.85. The van der Waals surface area contributed by atoms with Gasteiger partial charge in [0.05, 0.1) is 29.5 Å². The Hall–Kier alpha value is -2.69. The van der Waals surface area contributed by atoms with Crippen molar-refractivity contribution in [3.8, 4) is 0 Å². The highest BCUT2D eigenvalue weighted by Crippen LogP contribution is 2.27. The quantitative estimate of drug-likeness (QED) is 0.496. The second-order valence-corrected chi connectivity index (χ2v) is 6.46. The van der Waals surface area contributed by atoms with Gasteiger partial charge < -0.3 is 20.1 Å². The normalized spacial score (nSPS) is 16.5. The molecule has 8 nitrogen and oxygen atoms in total. The molecule has 0 bridgehead atoms. The highest BCUT2D eigenvalue weighted by Gasteiger charge is 2.32. The number of urea groups is 1. The van der Waals surface area contributed by atoms with Gasteiger partial charge in [-0.25, -0.2) is 19.4 Å². The monoisotopic (exact) mass is 415 g/mol. The first kappa shape index (κ1) is 21.6. The number of hydrogen-bond acceptors (Lipinski definition) is 7. The Morgan fingerprint density at radius 3 is 2.68 bits per heavy atom. The second kappa shape index (κ2) is 10.0. The third-order valence-electron chi connectivity index (χ3n) is 3.69. The summed E-state index contributed by atoms with van der Waals surface area (Å²) < 4.78 is 35.4. The van der Waals surface area contributed by atoms with Crippen molar-refractivity contribution in [2.75, 3.05) is 13.2 Å². The fourth-order valence-corrected chi connectivity index (χ4v) is 3.08.